The number of carbonyl (C=O) groups is 1. The van der Waals surface area contributed by atoms with Crippen LogP contribution in [-0.2, 0) is 0 Å². The molecule has 0 aliphatic heterocycles. The van der Waals surface area contributed by atoms with Crippen molar-refractivity contribution < 1.29 is 4.79 Å². The summed E-state index contributed by atoms with van der Waals surface area (Å²) >= 11 is 0. The van der Waals surface area contributed by atoms with E-state index in [4.69, 9.17) is 0 Å². The zero-order chi connectivity index (χ0) is 16.9. The van der Waals surface area contributed by atoms with Crippen LogP contribution in [0.4, 0.5) is 11.6 Å². The highest BCUT2D eigenvalue weighted by atomic mass is 16.2. The molecule has 1 N–H and O–H groups in total. The minimum Gasteiger partial charge on any atom is -0.351 e. The van der Waals surface area contributed by atoms with Gasteiger partial charge in [0, 0.05) is 24.0 Å². The summed E-state index contributed by atoms with van der Waals surface area (Å²) < 4.78 is 0. The van der Waals surface area contributed by atoms with Gasteiger partial charge in [-0.15, -0.1) is 0 Å². The summed E-state index contributed by atoms with van der Waals surface area (Å²) in [6.07, 6.45) is 4.77. The van der Waals surface area contributed by atoms with Crippen molar-refractivity contribution >= 4 is 17.5 Å². The fraction of sp³-hybridized carbons (Fsp3) is 0.421. The van der Waals surface area contributed by atoms with Crippen LogP contribution in [0, 0.1) is 6.92 Å². The van der Waals surface area contributed by atoms with Gasteiger partial charge >= 0.3 is 0 Å². The van der Waals surface area contributed by atoms with Crippen molar-refractivity contribution in [3.8, 4) is 0 Å². The Balaban J connectivity index is 1.84. The third-order valence-corrected chi connectivity index (χ3v) is 4.39. The summed E-state index contributed by atoms with van der Waals surface area (Å²) in [7, 11) is 0. The van der Waals surface area contributed by atoms with Crippen LogP contribution in [0.2, 0.25) is 0 Å². The van der Waals surface area contributed by atoms with E-state index in [2.05, 4.69) is 15.3 Å². The molecule has 0 saturated heterocycles. The van der Waals surface area contributed by atoms with Crippen LogP contribution in [0.3, 0.4) is 0 Å². The van der Waals surface area contributed by atoms with Crippen molar-refractivity contribution in [2.24, 2.45) is 0 Å². The van der Waals surface area contributed by atoms with Gasteiger partial charge in [-0.05, 0) is 44.9 Å². The van der Waals surface area contributed by atoms with Crippen LogP contribution in [0.5, 0.6) is 0 Å². The molecule has 0 atom stereocenters. The minimum atomic E-state index is -0.0938. The maximum Gasteiger partial charge on any atom is 0.277 e. The number of nitrogens with zero attached hydrogens (tertiary/aromatic N) is 3. The number of nitrogens with one attached hydrogen (secondary N) is 1. The highest BCUT2D eigenvalue weighted by molar-refractivity contribution is 6.04. The van der Waals surface area contributed by atoms with Gasteiger partial charge < -0.3 is 10.2 Å². The van der Waals surface area contributed by atoms with E-state index in [-0.39, 0.29) is 5.91 Å². The zero-order valence-electron chi connectivity index (χ0n) is 14.3. The molecule has 1 saturated carbocycles. The van der Waals surface area contributed by atoms with E-state index >= 15 is 0 Å². The Hall–Kier alpha value is -2.43. The average Bonchev–Trinajstić information content (AvgIpc) is 3.09. The Kier molecular flexibility index (Phi) is 5.08. The van der Waals surface area contributed by atoms with E-state index in [0.717, 1.165) is 24.2 Å². The van der Waals surface area contributed by atoms with Crippen molar-refractivity contribution in [1.82, 2.24) is 9.97 Å². The molecule has 0 unspecified atom stereocenters. The average molecular weight is 324 g/mol. The van der Waals surface area contributed by atoms with Crippen LogP contribution in [0.25, 0.3) is 0 Å². The number of carbonyl (C=O) groups excluding carboxylic acids is 1. The van der Waals surface area contributed by atoms with Gasteiger partial charge in [-0.25, -0.2) is 9.97 Å². The van der Waals surface area contributed by atoms with E-state index in [1.165, 1.54) is 12.8 Å². The van der Waals surface area contributed by atoms with Gasteiger partial charge in [-0.3, -0.25) is 4.79 Å². The predicted molar refractivity (Wildman–Crippen MR) is 96.4 cm³/mol. The van der Waals surface area contributed by atoms with Gasteiger partial charge in [0.1, 0.15) is 5.69 Å². The largest absolute Gasteiger partial charge is 0.351 e. The second-order valence-corrected chi connectivity index (χ2v) is 6.23. The van der Waals surface area contributed by atoms with Gasteiger partial charge in [0.2, 0.25) is 5.95 Å². The molecule has 3 rings (SSSR count). The number of benzene rings is 1. The van der Waals surface area contributed by atoms with Crippen molar-refractivity contribution in [2.75, 3.05) is 16.8 Å². The van der Waals surface area contributed by atoms with E-state index in [1.807, 2.05) is 44.2 Å². The Labute approximate surface area is 143 Å². The van der Waals surface area contributed by atoms with Crippen LogP contribution in [0.1, 0.15) is 48.8 Å². The maximum absolute atomic E-state index is 12.9. The third-order valence-electron chi connectivity index (χ3n) is 4.39. The molecule has 1 aromatic heterocycles. The summed E-state index contributed by atoms with van der Waals surface area (Å²) in [6.45, 7) is 4.46. The first-order valence-electron chi connectivity index (χ1n) is 8.66. The lowest BCUT2D eigenvalue weighted by Crippen LogP contribution is -2.31. The quantitative estimate of drug-likeness (QED) is 0.908. The molecule has 1 heterocycles. The number of rotatable bonds is 5. The Morgan fingerprint density at radius 1 is 1.21 bits per heavy atom. The number of amides is 1. The summed E-state index contributed by atoms with van der Waals surface area (Å²) in [5, 5.41) is 3.38. The van der Waals surface area contributed by atoms with E-state index in [9.17, 15) is 4.79 Å². The summed E-state index contributed by atoms with van der Waals surface area (Å²) in [6, 6.07) is 11.9. The van der Waals surface area contributed by atoms with Crippen molar-refractivity contribution in [1.29, 1.82) is 0 Å². The molecular weight excluding hydrogens is 300 g/mol. The summed E-state index contributed by atoms with van der Waals surface area (Å²) in [5.41, 5.74) is 2.12. The van der Waals surface area contributed by atoms with Gasteiger partial charge in [0.15, 0.2) is 0 Å². The van der Waals surface area contributed by atoms with Crippen molar-refractivity contribution in [2.45, 2.75) is 45.6 Å². The van der Waals surface area contributed by atoms with Gasteiger partial charge in [0.05, 0.1) is 0 Å². The maximum atomic E-state index is 12.9. The molecule has 1 amide bonds. The fourth-order valence-electron chi connectivity index (χ4n) is 3.19. The number of hydrogen-bond donors (Lipinski definition) is 1. The van der Waals surface area contributed by atoms with Gasteiger partial charge in [-0.1, -0.05) is 31.0 Å². The van der Waals surface area contributed by atoms with Crippen molar-refractivity contribution in [3.63, 3.8) is 0 Å². The smallest absolute Gasteiger partial charge is 0.277 e. The standard InChI is InChI=1S/C19H24N4O/c1-3-23(16-11-5-4-6-12-16)18(24)17-13-14(2)20-19(22-17)21-15-9-7-8-10-15/h4-6,11-13,15H,3,7-10H2,1-2H3,(H,20,21,22). The van der Waals surface area contributed by atoms with Crippen LogP contribution < -0.4 is 10.2 Å². The highest BCUT2D eigenvalue weighted by Gasteiger charge is 2.20. The topological polar surface area (TPSA) is 58.1 Å². The summed E-state index contributed by atoms with van der Waals surface area (Å²) in [5.74, 6) is 0.470. The first kappa shape index (κ1) is 16.4. The van der Waals surface area contributed by atoms with Crippen molar-refractivity contribution in [3.05, 3.63) is 47.8 Å². The zero-order valence-corrected chi connectivity index (χ0v) is 14.3. The van der Waals surface area contributed by atoms with Crippen LogP contribution in [0.15, 0.2) is 36.4 Å². The molecule has 24 heavy (non-hydrogen) atoms. The predicted octanol–water partition coefficient (Wildman–Crippen LogP) is 3.81. The Morgan fingerprint density at radius 2 is 1.92 bits per heavy atom. The Bertz CT molecular complexity index is 696. The second-order valence-electron chi connectivity index (χ2n) is 6.23. The normalized spacial score (nSPS) is 14.6. The molecule has 1 aliphatic rings. The first-order valence-corrected chi connectivity index (χ1v) is 8.66. The molecule has 0 spiro atoms. The third kappa shape index (κ3) is 3.72. The molecule has 0 radical (unpaired) electrons. The van der Waals surface area contributed by atoms with E-state index in [0.29, 0.717) is 24.2 Å². The van der Waals surface area contributed by atoms with Crippen LogP contribution >= 0.6 is 0 Å². The number of hydrogen-bond acceptors (Lipinski definition) is 4. The molecule has 0 bridgehead atoms. The minimum absolute atomic E-state index is 0.0938. The van der Waals surface area contributed by atoms with Gasteiger partial charge in [-0.2, -0.15) is 0 Å². The number of para-hydroxylation sites is 1. The number of aryl methyl sites for hydroxylation is 1. The van der Waals surface area contributed by atoms with Crippen LogP contribution in [-0.4, -0.2) is 28.5 Å². The second kappa shape index (κ2) is 7.43. The molecule has 5 heteroatoms. The van der Waals surface area contributed by atoms with E-state index < -0.39 is 0 Å². The lowest BCUT2D eigenvalue weighted by atomic mass is 10.2. The molecule has 126 valence electrons. The molecule has 1 fully saturated rings. The summed E-state index contributed by atoms with van der Waals surface area (Å²) in [4.78, 5) is 23.6. The Morgan fingerprint density at radius 3 is 2.58 bits per heavy atom. The van der Waals surface area contributed by atoms with Gasteiger partial charge in [0.25, 0.3) is 5.91 Å². The highest BCUT2D eigenvalue weighted by Crippen LogP contribution is 2.22. The molecule has 1 aliphatic carbocycles. The lowest BCUT2D eigenvalue weighted by Gasteiger charge is -2.21. The molecular formula is C19H24N4O. The molecule has 2 aromatic rings. The fourth-order valence-corrected chi connectivity index (χ4v) is 3.19. The SMILES string of the molecule is CCN(C(=O)c1cc(C)nc(NC2CCCC2)n1)c1ccccc1. The first-order chi connectivity index (χ1) is 11.7. The lowest BCUT2D eigenvalue weighted by molar-refractivity contribution is 0.0983. The van der Waals surface area contributed by atoms with E-state index in [1.54, 1.807) is 11.0 Å². The monoisotopic (exact) mass is 324 g/mol. The molecule has 1 aromatic carbocycles. The molecule has 5 nitrogen and oxygen atoms in total. The number of anilines is 2. The number of aromatic nitrogens is 2.